The first-order valence-electron chi connectivity index (χ1n) is 5.76. The molecular formula is C14H14ClNO3. The second kappa shape index (κ2) is 5.45. The summed E-state index contributed by atoms with van der Waals surface area (Å²) in [4.78, 5) is 15.9. The number of halogens is 1. The molecule has 1 aromatic heterocycles. The van der Waals surface area contributed by atoms with Crippen molar-refractivity contribution in [3.63, 3.8) is 0 Å². The summed E-state index contributed by atoms with van der Waals surface area (Å²) in [6.45, 7) is 1.86. The van der Waals surface area contributed by atoms with Crippen LogP contribution in [-0.2, 0) is 16.0 Å². The lowest BCUT2D eigenvalue weighted by Gasteiger charge is -2.11. The Morgan fingerprint density at radius 1 is 1.37 bits per heavy atom. The Kier molecular flexibility index (Phi) is 3.90. The largest absolute Gasteiger partial charge is 0.494 e. The number of carbonyl (C=O) groups is 1. The fourth-order valence-corrected chi connectivity index (χ4v) is 2.36. The summed E-state index contributed by atoms with van der Waals surface area (Å²) in [7, 11) is 2.94. The lowest BCUT2D eigenvalue weighted by Crippen LogP contribution is -2.05. The van der Waals surface area contributed by atoms with E-state index in [0.29, 0.717) is 16.3 Å². The van der Waals surface area contributed by atoms with Crippen LogP contribution >= 0.6 is 11.6 Å². The number of rotatable bonds is 3. The first-order chi connectivity index (χ1) is 9.06. The van der Waals surface area contributed by atoms with Gasteiger partial charge in [0.15, 0.2) is 0 Å². The first kappa shape index (κ1) is 13.6. The second-order valence-electron chi connectivity index (χ2n) is 4.15. The van der Waals surface area contributed by atoms with Gasteiger partial charge < -0.3 is 9.47 Å². The van der Waals surface area contributed by atoms with Crippen LogP contribution < -0.4 is 4.74 Å². The molecular weight excluding hydrogens is 266 g/mol. The average Bonchev–Trinajstić information content (AvgIpc) is 2.38. The van der Waals surface area contributed by atoms with Gasteiger partial charge in [-0.05, 0) is 24.6 Å². The van der Waals surface area contributed by atoms with E-state index in [0.717, 1.165) is 16.6 Å². The maximum atomic E-state index is 11.4. The minimum absolute atomic E-state index is 0.154. The Bertz CT molecular complexity index is 640. The smallest absolute Gasteiger partial charge is 0.310 e. The number of fused-ring (bicyclic) bond motifs is 1. The summed E-state index contributed by atoms with van der Waals surface area (Å²) < 4.78 is 9.98. The zero-order chi connectivity index (χ0) is 14.0. The van der Waals surface area contributed by atoms with Crippen molar-refractivity contribution < 1.29 is 14.3 Å². The number of pyridine rings is 1. The lowest BCUT2D eigenvalue weighted by atomic mass is 10.0. The van der Waals surface area contributed by atoms with Gasteiger partial charge in [-0.2, -0.15) is 0 Å². The summed E-state index contributed by atoms with van der Waals surface area (Å²) >= 11 is 6.28. The number of aromatic nitrogens is 1. The molecule has 0 N–H and O–H groups in total. The van der Waals surface area contributed by atoms with Crippen LogP contribution in [0.25, 0.3) is 10.9 Å². The van der Waals surface area contributed by atoms with Gasteiger partial charge in [0.05, 0.1) is 25.7 Å². The number of carbonyl (C=O) groups excluding carboxylic acids is 1. The highest BCUT2D eigenvalue weighted by Crippen LogP contribution is 2.33. The van der Waals surface area contributed by atoms with Crippen molar-refractivity contribution in [1.29, 1.82) is 0 Å². The third-order valence-corrected chi connectivity index (χ3v) is 3.17. The summed E-state index contributed by atoms with van der Waals surface area (Å²) in [5, 5.41) is 1.29. The molecule has 0 fully saturated rings. The van der Waals surface area contributed by atoms with Crippen molar-refractivity contribution in [2.75, 3.05) is 14.2 Å². The Morgan fingerprint density at radius 2 is 2.11 bits per heavy atom. The third kappa shape index (κ3) is 2.63. The molecule has 0 radical (unpaired) electrons. The minimum Gasteiger partial charge on any atom is -0.494 e. The molecule has 0 aliphatic carbocycles. The molecule has 2 rings (SSSR count). The van der Waals surface area contributed by atoms with Crippen LogP contribution in [0.15, 0.2) is 18.2 Å². The van der Waals surface area contributed by atoms with Gasteiger partial charge in [0.2, 0.25) is 0 Å². The Balaban J connectivity index is 2.70. The predicted molar refractivity (Wildman–Crippen MR) is 73.8 cm³/mol. The molecule has 0 aliphatic rings. The van der Waals surface area contributed by atoms with E-state index in [-0.39, 0.29) is 12.4 Å². The number of benzene rings is 1. The van der Waals surface area contributed by atoms with Gasteiger partial charge in [-0.15, -0.1) is 0 Å². The van der Waals surface area contributed by atoms with E-state index in [4.69, 9.17) is 16.3 Å². The van der Waals surface area contributed by atoms with Crippen molar-refractivity contribution in [2.45, 2.75) is 13.3 Å². The molecule has 0 aliphatic heterocycles. The maximum absolute atomic E-state index is 11.4. The summed E-state index contributed by atoms with van der Waals surface area (Å²) in [6.07, 6.45) is 0.154. The number of esters is 1. The lowest BCUT2D eigenvalue weighted by molar-refractivity contribution is -0.139. The van der Waals surface area contributed by atoms with Crippen LogP contribution in [0, 0.1) is 6.92 Å². The highest BCUT2D eigenvalue weighted by molar-refractivity contribution is 6.36. The zero-order valence-corrected chi connectivity index (χ0v) is 11.7. The molecule has 19 heavy (non-hydrogen) atoms. The van der Waals surface area contributed by atoms with Gasteiger partial charge in [-0.1, -0.05) is 17.7 Å². The van der Waals surface area contributed by atoms with Crippen LogP contribution in [0.2, 0.25) is 5.02 Å². The van der Waals surface area contributed by atoms with Gasteiger partial charge >= 0.3 is 5.97 Å². The highest BCUT2D eigenvalue weighted by atomic mass is 35.5. The zero-order valence-electron chi connectivity index (χ0n) is 11.0. The quantitative estimate of drug-likeness (QED) is 0.811. The van der Waals surface area contributed by atoms with E-state index in [1.165, 1.54) is 7.11 Å². The number of ether oxygens (including phenoxy) is 2. The molecule has 0 atom stereocenters. The van der Waals surface area contributed by atoms with Crippen molar-refractivity contribution >= 4 is 28.5 Å². The molecule has 0 saturated heterocycles. The van der Waals surface area contributed by atoms with Gasteiger partial charge in [0.25, 0.3) is 0 Å². The van der Waals surface area contributed by atoms with Gasteiger partial charge in [-0.25, -0.2) is 4.98 Å². The Hall–Kier alpha value is -1.81. The molecule has 5 heteroatoms. The number of hydrogen-bond acceptors (Lipinski definition) is 4. The SMILES string of the molecule is COC(=O)Cc1ccc(OC)c2nc(C)cc(Cl)c12. The third-order valence-electron chi connectivity index (χ3n) is 2.87. The highest BCUT2D eigenvalue weighted by Gasteiger charge is 2.14. The second-order valence-corrected chi connectivity index (χ2v) is 4.56. The minimum atomic E-state index is -0.317. The molecule has 0 spiro atoms. The summed E-state index contributed by atoms with van der Waals surface area (Å²) in [5.41, 5.74) is 2.24. The van der Waals surface area contributed by atoms with E-state index in [9.17, 15) is 4.79 Å². The van der Waals surface area contributed by atoms with Crippen LogP contribution in [0.5, 0.6) is 5.75 Å². The van der Waals surface area contributed by atoms with E-state index in [1.54, 1.807) is 25.3 Å². The molecule has 1 heterocycles. The number of nitrogens with zero attached hydrogens (tertiary/aromatic N) is 1. The van der Waals surface area contributed by atoms with E-state index in [1.807, 2.05) is 6.92 Å². The fraction of sp³-hybridized carbons (Fsp3) is 0.286. The Morgan fingerprint density at radius 3 is 2.74 bits per heavy atom. The number of aryl methyl sites for hydroxylation is 1. The summed E-state index contributed by atoms with van der Waals surface area (Å²) in [5.74, 6) is 0.317. The molecule has 0 bridgehead atoms. The van der Waals surface area contributed by atoms with E-state index >= 15 is 0 Å². The van der Waals surface area contributed by atoms with E-state index < -0.39 is 0 Å². The molecule has 4 nitrogen and oxygen atoms in total. The monoisotopic (exact) mass is 279 g/mol. The molecule has 1 aromatic carbocycles. The molecule has 0 saturated carbocycles. The van der Waals surface area contributed by atoms with Crippen molar-refractivity contribution in [3.05, 3.63) is 34.5 Å². The van der Waals surface area contributed by atoms with Crippen LogP contribution in [0.1, 0.15) is 11.3 Å². The maximum Gasteiger partial charge on any atom is 0.310 e. The summed E-state index contributed by atoms with van der Waals surface area (Å²) in [6, 6.07) is 5.36. The van der Waals surface area contributed by atoms with E-state index in [2.05, 4.69) is 9.72 Å². The number of methoxy groups -OCH3 is 2. The van der Waals surface area contributed by atoms with Gasteiger partial charge in [0, 0.05) is 11.1 Å². The van der Waals surface area contributed by atoms with Crippen LogP contribution in [0.4, 0.5) is 0 Å². The van der Waals surface area contributed by atoms with Gasteiger partial charge in [-0.3, -0.25) is 4.79 Å². The Labute approximate surface area is 116 Å². The van der Waals surface area contributed by atoms with Crippen molar-refractivity contribution in [1.82, 2.24) is 4.98 Å². The van der Waals surface area contributed by atoms with Crippen molar-refractivity contribution in [3.8, 4) is 5.75 Å². The standard InChI is InChI=1S/C14H14ClNO3/c1-8-6-10(15)13-9(7-12(17)19-3)4-5-11(18-2)14(13)16-8/h4-6H,7H2,1-3H3. The normalized spacial score (nSPS) is 10.5. The van der Waals surface area contributed by atoms with Gasteiger partial charge in [0.1, 0.15) is 11.3 Å². The number of hydrogen-bond donors (Lipinski definition) is 0. The fourth-order valence-electron chi connectivity index (χ4n) is 2.00. The molecule has 0 amide bonds. The average molecular weight is 280 g/mol. The molecule has 2 aromatic rings. The van der Waals surface area contributed by atoms with Crippen molar-refractivity contribution in [2.24, 2.45) is 0 Å². The molecule has 100 valence electrons. The van der Waals surface area contributed by atoms with Crippen LogP contribution in [-0.4, -0.2) is 25.2 Å². The topological polar surface area (TPSA) is 48.4 Å². The first-order valence-corrected chi connectivity index (χ1v) is 6.14. The predicted octanol–water partition coefficient (Wildman–Crippen LogP) is 2.92. The van der Waals surface area contributed by atoms with Crippen LogP contribution in [0.3, 0.4) is 0 Å². The molecule has 0 unspecified atom stereocenters.